The summed E-state index contributed by atoms with van der Waals surface area (Å²) < 4.78 is 18.1. The summed E-state index contributed by atoms with van der Waals surface area (Å²) in [5, 5.41) is 8.52. The van der Waals surface area contributed by atoms with Crippen LogP contribution in [0.15, 0.2) is 18.2 Å². The van der Waals surface area contributed by atoms with Gasteiger partial charge < -0.3 is 4.74 Å². The number of rotatable bonds is 4. The number of benzene rings is 1. The molecule has 1 rings (SSSR count). The van der Waals surface area contributed by atoms with Crippen LogP contribution in [-0.4, -0.2) is 12.4 Å². The molecule has 0 saturated carbocycles. The van der Waals surface area contributed by atoms with E-state index >= 15 is 0 Å². The molecule has 0 amide bonds. The van der Waals surface area contributed by atoms with Gasteiger partial charge in [-0.15, -0.1) is 11.8 Å². The van der Waals surface area contributed by atoms with E-state index in [0.29, 0.717) is 11.5 Å². The molecule has 80 valence electrons. The number of thioether (sulfide) groups is 1. The molecule has 1 aromatic carbocycles. The molecule has 0 spiro atoms. The van der Waals surface area contributed by atoms with Gasteiger partial charge in [-0.25, -0.2) is 4.39 Å². The minimum Gasteiger partial charge on any atom is -0.496 e. The van der Waals surface area contributed by atoms with Crippen LogP contribution in [0.3, 0.4) is 0 Å². The molecule has 0 unspecified atom stereocenters. The van der Waals surface area contributed by atoms with Crippen molar-refractivity contribution in [1.82, 2.24) is 0 Å². The zero-order valence-electron chi connectivity index (χ0n) is 8.66. The van der Waals surface area contributed by atoms with Crippen molar-refractivity contribution >= 4 is 11.8 Å². The largest absolute Gasteiger partial charge is 0.496 e. The number of ether oxygens (including phenoxy) is 1. The monoisotopic (exact) mass is 225 g/mol. The third-order valence-corrected chi connectivity index (χ3v) is 3.00. The number of nitrogens with zero attached hydrogens (tertiary/aromatic N) is 1. The van der Waals surface area contributed by atoms with E-state index in [2.05, 4.69) is 6.07 Å². The van der Waals surface area contributed by atoms with Crippen LogP contribution in [0.2, 0.25) is 0 Å². The van der Waals surface area contributed by atoms with Crippen LogP contribution >= 0.6 is 11.8 Å². The van der Waals surface area contributed by atoms with E-state index in [1.165, 1.54) is 23.9 Å². The Morgan fingerprint density at radius 2 is 2.33 bits per heavy atom. The van der Waals surface area contributed by atoms with Crippen molar-refractivity contribution in [3.8, 4) is 11.8 Å². The molecule has 0 fully saturated rings. The third kappa shape index (κ3) is 3.45. The zero-order valence-corrected chi connectivity index (χ0v) is 9.47. The molecule has 1 aromatic rings. The van der Waals surface area contributed by atoms with E-state index in [4.69, 9.17) is 10.00 Å². The minimum atomic E-state index is -0.281. The molecule has 2 nitrogen and oxygen atoms in total. The van der Waals surface area contributed by atoms with Crippen molar-refractivity contribution in [2.24, 2.45) is 0 Å². The van der Waals surface area contributed by atoms with Crippen LogP contribution in [0.1, 0.15) is 12.5 Å². The molecule has 1 atom stereocenters. The SMILES string of the molecule is COc1ccc(F)cc1CS[C@@H](C)C#N. The van der Waals surface area contributed by atoms with Gasteiger partial charge in [0, 0.05) is 11.3 Å². The summed E-state index contributed by atoms with van der Waals surface area (Å²) in [4.78, 5) is 0. The summed E-state index contributed by atoms with van der Waals surface area (Å²) in [6.07, 6.45) is 0. The molecule has 0 N–H and O–H groups in total. The molecule has 0 saturated heterocycles. The van der Waals surface area contributed by atoms with Crippen LogP contribution in [0.4, 0.5) is 4.39 Å². The molecule has 0 bridgehead atoms. The topological polar surface area (TPSA) is 33.0 Å². The highest BCUT2D eigenvalue weighted by atomic mass is 32.2. The quantitative estimate of drug-likeness (QED) is 0.789. The average Bonchev–Trinajstić information content (AvgIpc) is 2.26. The second-order valence-electron chi connectivity index (χ2n) is 3.04. The Balaban J connectivity index is 2.75. The van der Waals surface area contributed by atoms with Crippen molar-refractivity contribution in [2.45, 2.75) is 17.9 Å². The maximum Gasteiger partial charge on any atom is 0.123 e. The Morgan fingerprint density at radius 3 is 2.93 bits per heavy atom. The van der Waals surface area contributed by atoms with E-state index in [-0.39, 0.29) is 11.1 Å². The molecule has 15 heavy (non-hydrogen) atoms. The first-order valence-corrected chi connectivity index (χ1v) is 5.56. The maximum atomic E-state index is 13.0. The Morgan fingerprint density at radius 1 is 1.60 bits per heavy atom. The first-order chi connectivity index (χ1) is 7.17. The van der Waals surface area contributed by atoms with Gasteiger partial charge in [-0.1, -0.05) is 0 Å². The second kappa shape index (κ2) is 5.62. The smallest absolute Gasteiger partial charge is 0.123 e. The molecule has 0 aliphatic heterocycles. The van der Waals surface area contributed by atoms with E-state index < -0.39 is 0 Å². The van der Waals surface area contributed by atoms with E-state index in [0.717, 1.165) is 5.56 Å². The zero-order chi connectivity index (χ0) is 11.3. The van der Waals surface area contributed by atoms with Crippen LogP contribution in [0.5, 0.6) is 5.75 Å². The molecule has 4 heteroatoms. The number of methoxy groups -OCH3 is 1. The normalized spacial score (nSPS) is 11.9. The number of halogens is 1. The van der Waals surface area contributed by atoms with Gasteiger partial charge in [0.1, 0.15) is 11.6 Å². The molecule has 0 heterocycles. The Labute approximate surface area is 93.1 Å². The van der Waals surface area contributed by atoms with Gasteiger partial charge in [-0.3, -0.25) is 0 Å². The van der Waals surface area contributed by atoms with Gasteiger partial charge in [-0.05, 0) is 25.1 Å². The van der Waals surface area contributed by atoms with Crippen LogP contribution in [-0.2, 0) is 5.75 Å². The van der Waals surface area contributed by atoms with Gasteiger partial charge in [0.15, 0.2) is 0 Å². The summed E-state index contributed by atoms with van der Waals surface area (Å²) in [7, 11) is 1.55. The van der Waals surface area contributed by atoms with Crippen molar-refractivity contribution in [3.05, 3.63) is 29.6 Å². The molecule has 0 aromatic heterocycles. The Kier molecular flexibility index (Phi) is 4.44. The summed E-state index contributed by atoms with van der Waals surface area (Å²) in [5.41, 5.74) is 0.782. The Hall–Kier alpha value is -1.21. The highest BCUT2D eigenvalue weighted by Crippen LogP contribution is 2.25. The fraction of sp³-hybridized carbons (Fsp3) is 0.364. The lowest BCUT2D eigenvalue weighted by Crippen LogP contribution is -1.95. The van der Waals surface area contributed by atoms with E-state index in [1.54, 1.807) is 13.2 Å². The summed E-state index contributed by atoms with van der Waals surface area (Å²) in [6.45, 7) is 1.82. The van der Waals surface area contributed by atoms with E-state index in [9.17, 15) is 4.39 Å². The number of hydrogen-bond acceptors (Lipinski definition) is 3. The molecular formula is C11H12FNOS. The fourth-order valence-corrected chi connectivity index (χ4v) is 1.84. The number of nitriles is 1. The third-order valence-electron chi connectivity index (χ3n) is 1.91. The summed E-state index contributed by atoms with van der Waals surface area (Å²) in [6, 6.07) is 6.52. The number of hydrogen-bond donors (Lipinski definition) is 0. The molecular weight excluding hydrogens is 213 g/mol. The average molecular weight is 225 g/mol. The van der Waals surface area contributed by atoms with Crippen LogP contribution in [0.25, 0.3) is 0 Å². The minimum absolute atomic E-state index is 0.0991. The van der Waals surface area contributed by atoms with E-state index in [1.807, 2.05) is 6.92 Å². The lowest BCUT2D eigenvalue weighted by molar-refractivity contribution is 0.410. The van der Waals surface area contributed by atoms with Gasteiger partial charge in [0.2, 0.25) is 0 Å². The second-order valence-corrected chi connectivity index (χ2v) is 4.37. The summed E-state index contributed by atoms with van der Waals surface area (Å²) in [5.74, 6) is 0.959. The standard InChI is InChI=1S/C11H12FNOS/c1-8(6-13)15-7-9-5-10(12)3-4-11(9)14-2/h3-5,8H,7H2,1-2H3/t8-/m0/s1. The molecule has 0 aliphatic rings. The van der Waals surface area contributed by atoms with Crippen molar-refractivity contribution < 1.29 is 9.13 Å². The maximum absolute atomic E-state index is 13.0. The fourth-order valence-electron chi connectivity index (χ4n) is 1.11. The Bertz CT molecular complexity index is 375. The highest BCUT2D eigenvalue weighted by molar-refractivity contribution is 7.99. The predicted molar refractivity (Wildman–Crippen MR) is 59.3 cm³/mol. The highest BCUT2D eigenvalue weighted by Gasteiger charge is 2.07. The lowest BCUT2D eigenvalue weighted by atomic mass is 10.2. The van der Waals surface area contributed by atoms with Gasteiger partial charge in [0.05, 0.1) is 18.4 Å². The van der Waals surface area contributed by atoms with Crippen molar-refractivity contribution in [2.75, 3.05) is 7.11 Å². The summed E-state index contributed by atoms with van der Waals surface area (Å²) >= 11 is 1.46. The van der Waals surface area contributed by atoms with Gasteiger partial charge >= 0.3 is 0 Å². The lowest BCUT2D eigenvalue weighted by Gasteiger charge is -2.08. The van der Waals surface area contributed by atoms with Crippen LogP contribution < -0.4 is 4.74 Å². The van der Waals surface area contributed by atoms with Gasteiger partial charge in [-0.2, -0.15) is 5.26 Å². The molecule has 0 radical (unpaired) electrons. The molecule has 0 aliphatic carbocycles. The first kappa shape index (κ1) is 11.9. The van der Waals surface area contributed by atoms with Gasteiger partial charge in [0.25, 0.3) is 0 Å². The first-order valence-electron chi connectivity index (χ1n) is 4.51. The van der Waals surface area contributed by atoms with Crippen molar-refractivity contribution in [3.63, 3.8) is 0 Å². The van der Waals surface area contributed by atoms with Crippen molar-refractivity contribution in [1.29, 1.82) is 5.26 Å². The van der Waals surface area contributed by atoms with Crippen LogP contribution in [0, 0.1) is 17.1 Å². The predicted octanol–water partition coefficient (Wildman–Crippen LogP) is 2.98.